The predicted molar refractivity (Wildman–Crippen MR) is 228 cm³/mol. The summed E-state index contributed by atoms with van der Waals surface area (Å²) < 4.78 is 23.3. The van der Waals surface area contributed by atoms with Gasteiger partial charge >= 0.3 is 0 Å². The van der Waals surface area contributed by atoms with Crippen molar-refractivity contribution in [2.45, 2.75) is 219 Å². The van der Waals surface area contributed by atoms with Gasteiger partial charge in [0.1, 0.15) is 13.2 Å². The lowest BCUT2D eigenvalue weighted by Crippen LogP contribution is -2.46. The number of aliphatic hydroxyl groups excluding tert-OH is 1. The van der Waals surface area contributed by atoms with Crippen molar-refractivity contribution in [3.8, 4) is 0 Å². The summed E-state index contributed by atoms with van der Waals surface area (Å²) >= 11 is 0. The Morgan fingerprint density at radius 1 is 0.648 bits per heavy atom. The number of phosphoric acid groups is 1. The third-order valence-electron chi connectivity index (χ3n) is 10.2. The molecule has 0 radical (unpaired) electrons. The van der Waals surface area contributed by atoms with Gasteiger partial charge in [0.15, 0.2) is 0 Å². The van der Waals surface area contributed by atoms with Crippen molar-refractivity contribution >= 4 is 13.7 Å². The number of amides is 1. The summed E-state index contributed by atoms with van der Waals surface area (Å²) in [5.41, 5.74) is 0. The fraction of sp³-hybridized carbons (Fsp3) is 0.889. The van der Waals surface area contributed by atoms with Gasteiger partial charge in [-0.15, -0.1) is 0 Å². The number of carbonyl (C=O) groups excluding carboxylic acids is 1. The standard InChI is InChI=1S/C45H89N2O6P/c1-6-8-10-12-14-16-18-20-22-24-26-28-30-32-34-36-38-44(48)43(42-53-54(50,51)52-41-40-47(3,4)5)46-45(49)39-37-35-33-31-29-27-25-23-21-19-17-15-13-11-9-7-2/h17,19,23,25,43-44,48H,6-16,18,20-22,24,26-42H2,1-5H3,(H-,46,49,50,51)/b19-17-,25-23-. The van der Waals surface area contributed by atoms with E-state index in [2.05, 4.69) is 43.5 Å². The van der Waals surface area contributed by atoms with Gasteiger partial charge < -0.3 is 28.8 Å². The quantitative estimate of drug-likeness (QED) is 0.0277. The molecule has 0 rings (SSSR count). The van der Waals surface area contributed by atoms with Gasteiger partial charge in [0, 0.05) is 6.42 Å². The van der Waals surface area contributed by atoms with Gasteiger partial charge in [-0.3, -0.25) is 9.36 Å². The Labute approximate surface area is 334 Å². The first-order valence-electron chi connectivity index (χ1n) is 22.7. The van der Waals surface area contributed by atoms with Crippen molar-refractivity contribution < 1.29 is 32.9 Å². The van der Waals surface area contributed by atoms with E-state index in [1.165, 1.54) is 116 Å². The highest BCUT2D eigenvalue weighted by molar-refractivity contribution is 7.45. The number of quaternary nitrogens is 1. The zero-order valence-electron chi connectivity index (χ0n) is 36.2. The number of likely N-dealkylation sites (N-methyl/N-ethyl adjacent to an activating group) is 1. The lowest BCUT2D eigenvalue weighted by atomic mass is 10.0. The molecule has 0 aromatic heterocycles. The predicted octanol–water partition coefficient (Wildman–Crippen LogP) is 11.9. The number of aliphatic hydroxyl groups is 1. The number of unbranched alkanes of at least 4 members (excludes halogenated alkanes) is 24. The first kappa shape index (κ1) is 53.0. The van der Waals surface area contributed by atoms with Crippen LogP contribution in [0.1, 0.15) is 206 Å². The Morgan fingerprint density at radius 3 is 1.56 bits per heavy atom. The van der Waals surface area contributed by atoms with Crippen LogP contribution >= 0.6 is 7.82 Å². The normalized spacial score (nSPS) is 14.6. The van der Waals surface area contributed by atoms with Crippen molar-refractivity contribution in [2.75, 3.05) is 40.9 Å². The van der Waals surface area contributed by atoms with Crippen molar-refractivity contribution in [1.82, 2.24) is 5.32 Å². The molecule has 3 unspecified atom stereocenters. The van der Waals surface area contributed by atoms with Crippen LogP contribution < -0.4 is 10.2 Å². The summed E-state index contributed by atoms with van der Waals surface area (Å²) in [5.74, 6) is -0.178. The van der Waals surface area contributed by atoms with E-state index < -0.39 is 20.0 Å². The number of nitrogens with zero attached hydrogens (tertiary/aromatic N) is 1. The Balaban J connectivity index is 4.38. The number of hydrogen-bond acceptors (Lipinski definition) is 6. The van der Waals surface area contributed by atoms with E-state index in [1.54, 1.807) is 0 Å². The Hall–Kier alpha value is -1.02. The molecular weight excluding hydrogens is 695 g/mol. The van der Waals surface area contributed by atoms with Crippen molar-refractivity contribution in [3.63, 3.8) is 0 Å². The molecule has 3 atom stereocenters. The molecule has 1 amide bonds. The van der Waals surface area contributed by atoms with Gasteiger partial charge in [0.05, 0.1) is 39.9 Å². The zero-order chi connectivity index (χ0) is 40.0. The highest BCUT2D eigenvalue weighted by Gasteiger charge is 2.24. The van der Waals surface area contributed by atoms with Crippen LogP contribution in [0, 0.1) is 0 Å². The summed E-state index contributed by atoms with van der Waals surface area (Å²) in [6.07, 6.45) is 43.1. The average Bonchev–Trinajstić information content (AvgIpc) is 3.12. The van der Waals surface area contributed by atoms with Crippen LogP contribution in [0.2, 0.25) is 0 Å². The minimum atomic E-state index is -4.56. The minimum absolute atomic E-state index is 0.00986. The molecule has 2 N–H and O–H groups in total. The molecule has 0 saturated heterocycles. The fourth-order valence-electron chi connectivity index (χ4n) is 6.54. The van der Waals surface area contributed by atoms with E-state index in [0.717, 1.165) is 64.2 Å². The molecular formula is C45H89N2O6P. The molecule has 0 heterocycles. The van der Waals surface area contributed by atoms with Gasteiger partial charge in [-0.25, -0.2) is 0 Å². The Bertz CT molecular complexity index is 938. The molecule has 8 nitrogen and oxygen atoms in total. The summed E-state index contributed by atoms with van der Waals surface area (Å²) in [6.45, 7) is 4.69. The molecule has 54 heavy (non-hydrogen) atoms. The van der Waals surface area contributed by atoms with Crippen LogP contribution in [0.5, 0.6) is 0 Å². The Morgan fingerprint density at radius 2 is 1.07 bits per heavy atom. The third-order valence-corrected chi connectivity index (χ3v) is 11.2. The molecule has 9 heteroatoms. The first-order valence-corrected chi connectivity index (χ1v) is 24.1. The van der Waals surface area contributed by atoms with Crippen LogP contribution in [0.3, 0.4) is 0 Å². The van der Waals surface area contributed by atoms with Crippen molar-refractivity contribution in [3.05, 3.63) is 24.3 Å². The topological polar surface area (TPSA) is 108 Å². The van der Waals surface area contributed by atoms with Crippen LogP contribution in [0.15, 0.2) is 24.3 Å². The second-order valence-electron chi connectivity index (χ2n) is 16.8. The highest BCUT2D eigenvalue weighted by atomic mass is 31.2. The maximum Gasteiger partial charge on any atom is 0.268 e. The molecule has 0 saturated carbocycles. The molecule has 0 spiro atoms. The largest absolute Gasteiger partial charge is 0.756 e. The molecule has 0 aromatic carbocycles. The lowest BCUT2D eigenvalue weighted by Gasteiger charge is -2.30. The monoisotopic (exact) mass is 785 g/mol. The fourth-order valence-corrected chi connectivity index (χ4v) is 7.26. The van der Waals surface area contributed by atoms with Gasteiger partial charge in [-0.1, -0.05) is 179 Å². The number of hydrogen-bond donors (Lipinski definition) is 2. The van der Waals surface area contributed by atoms with Gasteiger partial charge in [0.2, 0.25) is 5.91 Å². The van der Waals surface area contributed by atoms with E-state index >= 15 is 0 Å². The molecule has 0 fully saturated rings. The van der Waals surface area contributed by atoms with E-state index in [-0.39, 0.29) is 19.1 Å². The molecule has 0 bridgehead atoms. The van der Waals surface area contributed by atoms with Gasteiger partial charge in [-0.2, -0.15) is 0 Å². The van der Waals surface area contributed by atoms with Gasteiger partial charge in [-0.05, 0) is 44.9 Å². The van der Waals surface area contributed by atoms with Crippen LogP contribution in [0.4, 0.5) is 0 Å². The van der Waals surface area contributed by atoms with E-state index in [4.69, 9.17) is 9.05 Å². The SMILES string of the molecule is CCCCCC/C=C\C/C=C\CCCCCCCC(=O)NC(COP(=O)([O-])OCC[N+](C)(C)C)C(O)CCCCCCCCCCCCCCCCCC. The second-order valence-corrected chi connectivity index (χ2v) is 18.2. The van der Waals surface area contributed by atoms with E-state index in [0.29, 0.717) is 23.9 Å². The van der Waals surface area contributed by atoms with E-state index in [1.807, 2.05) is 21.1 Å². The highest BCUT2D eigenvalue weighted by Crippen LogP contribution is 2.38. The minimum Gasteiger partial charge on any atom is -0.756 e. The number of phosphoric ester groups is 1. The zero-order valence-corrected chi connectivity index (χ0v) is 37.1. The lowest BCUT2D eigenvalue weighted by molar-refractivity contribution is -0.870. The summed E-state index contributed by atoms with van der Waals surface area (Å²) in [6, 6.07) is -0.805. The maximum atomic E-state index is 12.9. The van der Waals surface area contributed by atoms with Gasteiger partial charge in [0.25, 0.3) is 7.82 Å². The van der Waals surface area contributed by atoms with E-state index in [9.17, 15) is 19.4 Å². The maximum absolute atomic E-state index is 12.9. The number of carbonyl (C=O) groups is 1. The van der Waals surface area contributed by atoms with Crippen LogP contribution in [-0.4, -0.2) is 68.5 Å². The third kappa shape index (κ3) is 39.2. The number of nitrogens with one attached hydrogen (secondary N) is 1. The Kier molecular flexibility index (Phi) is 36.8. The molecule has 0 aliphatic rings. The van der Waals surface area contributed by atoms with Crippen molar-refractivity contribution in [2.24, 2.45) is 0 Å². The van der Waals surface area contributed by atoms with Crippen LogP contribution in [-0.2, 0) is 18.4 Å². The summed E-state index contributed by atoms with van der Waals surface area (Å²) in [4.78, 5) is 25.3. The summed E-state index contributed by atoms with van der Waals surface area (Å²) in [7, 11) is 1.30. The summed E-state index contributed by atoms with van der Waals surface area (Å²) in [5, 5.41) is 13.9. The first-order chi connectivity index (χ1) is 26.0. The van der Waals surface area contributed by atoms with Crippen molar-refractivity contribution in [1.29, 1.82) is 0 Å². The second kappa shape index (κ2) is 37.6. The average molecular weight is 785 g/mol. The van der Waals surface area contributed by atoms with Crippen LogP contribution in [0.25, 0.3) is 0 Å². The number of allylic oxidation sites excluding steroid dienone is 4. The molecule has 0 aromatic rings. The molecule has 320 valence electrons. The molecule has 0 aliphatic carbocycles. The number of rotatable bonds is 41. The smallest absolute Gasteiger partial charge is 0.268 e. The molecule has 0 aliphatic heterocycles.